The van der Waals surface area contributed by atoms with Crippen LogP contribution in [-0.4, -0.2) is 0 Å². The van der Waals surface area contributed by atoms with Crippen molar-refractivity contribution in [1.29, 1.82) is 0 Å². The van der Waals surface area contributed by atoms with E-state index in [1.165, 1.54) is 82.0 Å². The normalized spacial score (nSPS) is 12.0. The molecular weight excluding hydrogens is 569 g/mol. The zero-order valence-corrected chi connectivity index (χ0v) is 25.6. The van der Waals surface area contributed by atoms with Crippen LogP contribution >= 0.6 is 0 Å². The molecule has 0 saturated heterocycles. The van der Waals surface area contributed by atoms with Crippen molar-refractivity contribution < 1.29 is 4.74 Å². The first kappa shape index (κ1) is 26.1. The van der Waals surface area contributed by atoms with Gasteiger partial charge in [0.05, 0.1) is 0 Å². The van der Waals surface area contributed by atoms with Crippen molar-refractivity contribution >= 4 is 43.1 Å². The van der Waals surface area contributed by atoms with Gasteiger partial charge in [-0.15, -0.1) is 0 Å². The van der Waals surface area contributed by atoms with Crippen LogP contribution in [0.3, 0.4) is 0 Å². The highest BCUT2D eigenvalue weighted by Gasteiger charge is 2.22. The maximum Gasteiger partial charge on any atom is 0.135 e. The summed E-state index contributed by atoms with van der Waals surface area (Å²) in [6, 6.07) is 61.6. The van der Waals surface area contributed by atoms with E-state index in [0.717, 1.165) is 17.1 Å². The number of hydrogen-bond acceptors (Lipinski definition) is 1. The van der Waals surface area contributed by atoms with Gasteiger partial charge < -0.3 is 4.74 Å². The molecule has 0 aromatic heterocycles. The Balaban J connectivity index is 1.14. The minimum atomic E-state index is 0.896. The Labute approximate surface area is 272 Å². The van der Waals surface area contributed by atoms with E-state index in [9.17, 15) is 0 Å². The minimum Gasteiger partial charge on any atom is -0.456 e. The average molecular weight is 597 g/mol. The molecule has 0 fully saturated rings. The highest BCUT2D eigenvalue weighted by atomic mass is 16.5. The highest BCUT2D eigenvalue weighted by molar-refractivity contribution is 6.20. The third-order valence-corrected chi connectivity index (χ3v) is 9.81. The van der Waals surface area contributed by atoms with Gasteiger partial charge in [0.1, 0.15) is 11.5 Å². The smallest absolute Gasteiger partial charge is 0.135 e. The van der Waals surface area contributed by atoms with Crippen molar-refractivity contribution in [2.24, 2.45) is 0 Å². The monoisotopic (exact) mass is 596 g/mol. The Morgan fingerprint density at radius 2 is 0.979 bits per heavy atom. The van der Waals surface area contributed by atoms with Gasteiger partial charge in [-0.25, -0.2) is 0 Å². The maximum absolute atomic E-state index is 6.45. The molecule has 0 saturated carbocycles. The van der Waals surface area contributed by atoms with Crippen molar-refractivity contribution in [1.82, 2.24) is 0 Å². The van der Waals surface area contributed by atoms with Gasteiger partial charge >= 0.3 is 0 Å². The zero-order valence-electron chi connectivity index (χ0n) is 25.6. The Bertz CT molecular complexity index is 2680. The Morgan fingerprint density at radius 1 is 0.298 bits per heavy atom. The lowest BCUT2D eigenvalue weighted by atomic mass is 9.88. The van der Waals surface area contributed by atoms with Crippen LogP contribution in [0.2, 0.25) is 0 Å². The Hall–Kier alpha value is -6.18. The lowest BCUT2D eigenvalue weighted by Crippen LogP contribution is -1.98. The van der Waals surface area contributed by atoms with Crippen LogP contribution in [0.5, 0.6) is 11.5 Å². The van der Waals surface area contributed by atoms with E-state index in [2.05, 4.69) is 170 Å². The zero-order chi connectivity index (χ0) is 30.9. The summed E-state index contributed by atoms with van der Waals surface area (Å²) in [7, 11) is 0. The predicted octanol–water partition coefficient (Wildman–Crippen LogP) is 13.1. The summed E-state index contributed by atoms with van der Waals surface area (Å²) in [6.45, 7) is 0. The van der Waals surface area contributed by atoms with Gasteiger partial charge in [-0.3, -0.25) is 0 Å². The predicted molar refractivity (Wildman–Crippen MR) is 198 cm³/mol. The summed E-state index contributed by atoms with van der Waals surface area (Å²) in [6.07, 6.45) is 0. The second kappa shape index (κ2) is 10.2. The quantitative estimate of drug-likeness (QED) is 0.146. The van der Waals surface area contributed by atoms with Gasteiger partial charge in [-0.1, -0.05) is 133 Å². The van der Waals surface area contributed by atoms with E-state index in [1.807, 2.05) is 0 Å². The molecule has 0 bridgehead atoms. The number of rotatable bonds is 3. The van der Waals surface area contributed by atoms with Crippen LogP contribution in [0.1, 0.15) is 0 Å². The first-order valence-corrected chi connectivity index (χ1v) is 16.2. The summed E-state index contributed by atoms with van der Waals surface area (Å²) in [4.78, 5) is 0. The summed E-state index contributed by atoms with van der Waals surface area (Å²) in [5.41, 5.74) is 9.62. The van der Waals surface area contributed by atoms with E-state index in [0.29, 0.717) is 0 Å². The fraction of sp³-hybridized carbons (Fsp3) is 0. The molecule has 1 heterocycles. The number of fused-ring (bicyclic) bond motifs is 6. The third kappa shape index (κ3) is 4.10. The second-order valence-electron chi connectivity index (χ2n) is 12.5. The lowest BCUT2D eigenvalue weighted by molar-refractivity contribution is 0.487. The molecule has 0 radical (unpaired) electrons. The van der Waals surface area contributed by atoms with Crippen molar-refractivity contribution in [3.05, 3.63) is 170 Å². The van der Waals surface area contributed by atoms with E-state index in [1.54, 1.807) is 0 Å². The topological polar surface area (TPSA) is 9.23 Å². The fourth-order valence-electron chi connectivity index (χ4n) is 7.58. The molecule has 1 aliphatic heterocycles. The summed E-state index contributed by atoms with van der Waals surface area (Å²) < 4.78 is 6.45. The van der Waals surface area contributed by atoms with Gasteiger partial charge in [-0.2, -0.15) is 0 Å². The van der Waals surface area contributed by atoms with E-state index >= 15 is 0 Å². The molecule has 1 heteroatoms. The molecule has 218 valence electrons. The molecule has 10 rings (SSSR count). The van der Waals surface area contributed by atoms with Crippen LogP contribution in [0, 0.1) is 0 Å². The van der Waals surface area contributed by atoms with Crippen LogP contribution in [0.15, 0.2) is 170 Å². The number of benzene rings is 9. The molecule has 0 spiro atoms. The minimum absolute atomic E-state index is 0.896. The largest absolute Gasteiger partial charge is 0.456 e. The second-order valence-corrected chi connectivity index (χ2v) is 12.5. The molecule has 9 aromatic rings. The first-order chi connectivity index (χ1) is 23.3. The molecule has 9 aromatic carbocycles. The van der Waals surface area contributed by atoms with E-state index < -0.39 is 0 Å². The van der Waals surface area contributed by atoms with Gasteiger partial charge in [-0.05, 0) is 113 Å². The molecule has 0 aliphatic carbocycles. The average Bonchev–Trinajstić information content (AvgIpc) is 3.14. The third-order valence-electron chi connectivity index (χ3n) is 9.81. The Morgan fingerprint density at radius 3 is 1.85 bits per heavy atom. The molecule has 47 heavy (non-hydrogen) atoms. The SMILES string of the molecule is c1ccc(-c2ccc3c(c2)-c2cc(-c4ccc(-c5c6ccccc6cc6c5ccc5ccccc56)cc4)cc4cccc(c24)O3)cc1. The Kier molecular flexibility index (Phi) is 5.64. The fourth-order valence-corrected chi connectivity index (χ4v) is 7.58. The lowest BCUT2D eigenvalue weighted by Gasteiger charge is -2.23. The number of hydrogen-bond donors (Lipinski definition) is 0. The first-order valence-electron chi connectivity index (χ1n) is 16.2. The summed E-state index contributed by atoms with van der Waals surface area (Å²) >= 11 is 0. The highest BCUT2D eigenvalue weighted by Crippen LogP contribution is 2.49. The number of ether oxygens (including phenoxy) is 1. The molecule has 0 unspecified atom stereocenters. The van der Waals surface area contributed by atoms with Crippen LogP contribution in [-0.2, 0) is 0 Å². The van der Waals surface area contributed by atoms with E-state index in [-0.39, 0.29) is 0 Å². The van der Waals surface area contributed by atoms with Gasteiger partial charge in [0.25, 0.3) is 0 Å². The van der Waals surface area contributed by atoms with Crippen molar-refractivity contribution in [3.63, 3.8) is 0 Å². The summed E-state index contributed by atoms with van der Waals surface area (Å²) in [5, 5.41) is 10.0. The molecule has 0 atom stereocenters. The van der Waals surface area contributed by atoms with Crippen molar-refractivity contribution in [3.8, 4) is 56.0 Å². The van der Waals surface area contributed by atoms with Crippen LogP contribution in [0.25, 0.3) is 87.6 Å². The standard InChI is InChI=1S/C46H28O/c1-2-9-29(10-3-1)33-22-24-43-41(26-33)42-28-36(25-35-13-8-16-44(47-43)46(35)42)30-17-19-32(20-18-30)45-38-15-7-5-12-34(38)27-40-37-14-6-4-11-31(37)21-23-39(40)45/h1-28H. The molecular formula is C46H28O. The van der Waals surface area contributed by atoms with Crippen molar-refractivity contribution in [2.75, 3.05) is 0 Å². The van der Waals surface area contributed by atoms with Gasteiger partial charge in [0.2, 0.25) is 0 Å². The van der Waals surface area contributed by atoms with Gasteiger partial charge in [0.15, 0.2) is 0 Å². The molecule has 1 nitrogen and oxygen atoms in total. The van der Waals surface area contributed by atoms with Crippen LogP contribution < -0.4 is 4.74 Å². The van der Waals surface area contributed by atoms with Crippen molar-refractivity contribution in [2.45, 2.75) is 0 Å². The molecule has 0 amide bonds. The maximum atomic E-state index is 6.45. The van der Waals surface area contributed by atoms with Gasteiger partial charge in [0, 0.05) is 10.9 Å². The van der Waals surface area contributed by atoms with Crippen LogP contribution in [0.4, 0.5) is 0 Å². The van der Waals surface area contributed by atoms with E-state index in [4.69, 9.17) is 4.74 Å². The molecule has 0 N–H and O–H groups in total. The summed E-state index contributed by atoms with van der Waals surface area (Å²) in [5.74, 6) is 1.81. The molecule has 1 aliphatic rings.